The number of likely N-dealkylation sites (tertiary alicyclic amines) is 1. The molecule has 5 atom stereocenters. The SMILES string of the molecule is C=CCNC(=O)C(=O)C(CCCCCCCC)NC(=O)[C@@H]1[C@@H](C)CCN1C(=O)[C@@H](NC(=O)N[C@H](C(=O)C1CC1)C1CCCCC1)C(C)(C)C. The van der Waals surface area contributed by atoms with E-state index in [1.807, 2.05) is 27.7 Å². The second-order valence-electron chi connectivity index (χ2n) is 15.7. The molecular formula is C38H63N5O6. The van der Waals surface area contributed by atoms with Crippen molar-refractivity contribution in [1.82, 2.24) is 26.2 Å². The van der Waals surface area contributed by atoms with Gasteiger partial charge in [0.15, 0.2) is 5.78 Å². The van der Waals surface area contributed by atoms with Crippen LogP contribution < -0.4 is 21.3 Å². The molecule has 1 saturated heterocycles. The number of carbonyl (C=O) groups excluding carboxylic acids is 6. The highest BCUT2D eigenvalue weighted by Crippen LogP contribution is 2.36. The molecule has 1 unspecified atom stereocenters. The summed E-state index contributed by atoms with van der Waals surface area (Å²) >= 11 is 0. The van der Waals surface area contributed by atoms with E-state index in [1.165, 1.54) is 11.0 Å². The van der Waals surface area contributed by atoms with Crippen molar-refractivity contribution in [3.8, 4) is 0 Å². The maximum absolute atomic E-state index is 14.3. The minimum Gasteiger partial charge on any atom is -0.346 e. The fourth-order valence-corrected chi connectivity index (χ4v) is 7.30. The third kappa shape index (κ3) is 11.9. The van der Waals surface area contributed by atoms with E-state index in [0.717, 1.165) is 77.0 Å². The zero-order valence-corrected chi connectivity index (χ0v) is 30.7. The van der Waals surface area contributed by atoms with Gasteiger partial charge in [-0.25, -0.2) is 4.79 Å². The van der Waals surface area contributed by atoms with Crippen molar-refractivity contribution < 1.29 is 28.8 Å². The van der Waals surface area contributed by atoms with Gasteiger partial charge in [-0.2, -0.15) is 0 Å². The first-order valence-corrected chi connectivity index (χ1v) is 18.9. The monoisotopic (exact) mass is 685 g/mol. The number of urea groups is 1. The molecular weight excluding hydrogens is 622 g/mol. The van der Waals surface area contributed by atoms with Crippen LogP contribution in [0.25, 0.3) is 0 Å². The van der Waals surface area contributed by atoms with Crippen molar-refractivity contribution in [1.29, 1.82) is 0 Å². The van der Waals surface area contributed by atoms with Crippen molar-refractivity contribution in [3.63, 3.8) is 0 Å². The lowest BCUT2D eigenvalue weighted by Gasteiger charge is -2.37. The smallest absolute Gasteiger partial charge is 0.316 e. The molecule has 0 aromatic carbocycles. The average molecular weight is 686 g/mol. The molecule has 11 nitrogen and oxygen atoms in total. The Hall–Kier alpha value is -3.24. The summed E-state index contributed by atoms with van der Waals surface area (Å²) in [6.07, 6.45) is 15.0. The number of carbonyl (C=O) groups is 6. The van der Waals surface area contributed by atoms with Gasteiger partial charge >= 0.3 is 6.03 Å². The van der Waals surface area contributed by atoms with Gasteiger partial charge in [-0.1, -0.05) is 98.5 Å². The summed E-state index contributed by atoms with van der Waals surface area (Å²) in [7, 11) is 0. The summed E-state index contributed by atoms with van der Waals surface area (Å²) in [5, 5.41) is 11.2. The molecule has 0 aromatic rings. The van der Waals surface area contributed by atoms with Gasteiger partial charge in [0.05, 0.1) is 12.1 Å². The Morgan fingerprint density at radius 3 is 2.12 bits per heavy atom. The van der Waals surface area contributed by atoms with Crippen LogP contribution in [0.5, 0.6) is 0 Å². The molecule has 0 aromatic heterocycles. The van der Waals surface area contributed by atoms with Crippen molar-refractivity contribution >= 4 is 35.3 Å². The van der Waals surface area contributed by atoms with Crippen LogP contribution in [-0.4, -0.2) is 77.5 Å². The number of nitrogens with zero attached hydrogens (tertiary/aromatic N) is 1. The van der Waals surface area contributed by atoms with E-state index in [2.05, 4.69) is 34.8 Å². The van der Waals surface area contributed by atoms with Crippen LogP contribution in [-0.2, 0) is 24.0 Å². The van der Waals surface area contributed by atoms with E-state index in [1.54, 1.807) is 0 Å². The van der Waals surface area contributed by atoms with Crippen molar-refractivity contribution in [2.75, 3.05) is 13.1 Å². The summed E-state index contributed by atoms with van der Waals surface area (Å²) in [6, 6.07) is -3.98. The number of nitrogens with one attached hydrogen (secondary N) is 4. The molecule has 0 radical (unpaired) electrons. The van der Waals surface area contributed by atoms with Gasteiger partial charge in [-0.05, 0) is 55.8 Å². The Labute approximate surface area is 293 Å². The third-order valence-corrected chi connectivity index (χ3v) is 10.4. The number of Topliss-reactive ketones (excluding diaryl/α,β-unsaturated/α-hetero) is 2. The molecule has 276 valence electrons. The Kier molecular flexibility index (Phi) is 15.8. The molecule has 49 heavy (non-hydrogen) atoms. The van der Waals surface area contributed by atoms with Gasteiger partial charge in [0.1, 0.15) is 12.1 Å². The lowest BCUT2D eigenvalue weighted by molar-refractivity contribution is -0.144. The zero-order chi connectivity index (χ0) is 36.1. The lowest BCUT2D eigenvalue weighted by Crippen LogP contribution is -2.62. The second kappa shape index (κ2) is 19.2. The number of amides is 5. The minimum atomic E-state index is -1.02. The zero-order valence-electron chi connectivity index (χ0n) is 30.7. The Bertz CT molecular complexity index is 1170. The molecule has 11 heteroatoms. The quantitative estimate of drug-likeness (QED) is 0.0856. The Balaban J connectivity index is 1.74. The van der Waals surface area contributed by atoms with E-state index in [0.29, 0.717) is 25.8 Å². The summed E-state index contributed by atoms with van der Waals surface area (Å²) in [5.41, 5.74) is -0.707. The van der Waals surface area contributed by atoms with Gasteiger partial charge < -0.3 is 26.2 Å². The molecule has 3 aliphatic rings. The third-order valence-electron chi connectivity index (χ3n) is 10.4. The summed E-state index contributed by atoms with van der Waals surface area (Å²) in [4.78, 5) is 82.3. The first-order chi connectivity index (χ1) is 23.3. The fraction of sp³-hybridized carbons (Fsp3) is 0.789. The molecule has 4 N–H and O–H groups in total. The van der Waals surface area contributed by atoms with Crippen LogP contribution in [0.1, 0.15) is 131 Å². The molecule has 1 aliphatic heterocycles. The van der Waals surface area contributed by atoms with Crippen LogP contribution in [0, 0.1) is 23.2 Å². The first kappa shape index (κ1) is 40.2. The van der Waals surface area contributed by atoms with Gasteiger partial charge in [0.2, 0.25) is 17.6 Å². The second-order valence-corrected chi connectivity index (χ2v) is 15.7. The highest BCUT2D eigenvalue weighted by molar-refractivity contribution is 6.38. The summed E-state index contributed by atoms with van der Waals surface area (Å²) < 4.78 is 0. The number of rotatable bonds is 19. The van der Waals surface area contributed by atoms with Crippen LogP contribution >= 0.6 is 0 Å². The van der Waals surface area contributed by atoms with E-state index in [9.17, 15) is 28.8 Å². The number of hydrogen-bond acceptors (Lipinski definition) is 6. The highest BCUT2D eigenvalue weighted by atomic mass is 16.2. The predicted molar refractivity (Wildman–Crippen MR) is 190 cm³/mol. The standard InChI is InChI=1S/C38H63N5O6/c1-7-9-10-11-12-16-19-28(32(45)35(47)39-23-8-2)40-34(46)30-25(3)22-24-43(30)36(48)33(38(4,5)6)42-37(49)41-29(31(44)27-20-21-27)26-17-14-13-15-18-26/h8,25-30,33H,2,7,9-24H2,1,3-6H3,(H,39,47)(H,40,46)(H2,41,42,49)/t25-,28?,29-,30-,33+/m0/s1. The van der Waals surface area contributed by atoms with E-state index >= 15 is 0 Å². The molecule has 3 fully saturated rings. The van der Waals surface area contributed by atoms with Gasteiger partial charge in [-0.15, -0.1) is 6.58 Å². The Morgan fingerprint density at radius 1 is 0.857 bits per heavy atom. The molecule has 5 amide bonds. The van der Waals surface area contributed by atoms with Crippen molar-refractivity contribution in [2.45, 2.75) is 155 Å². The summed E-state index contributed by atoms with van der Waals surface area (Å²) in [5.74, 6) is -2.39. The Morgan fingerprint density at radius 2 is 1.51 bits per heavy atom. The average Bonchev–Trinajstić information content (AvgIpc) is 3.85. The topological polar surface area (TPSA) is 154 Å². The molecule has 0 bridgehead atoms. The van der Waals surface area contributed by atoms with Gasteiger partial charge in [0.25, 0.3) is 5.91 Å². The van der Waals surface area contributed by atoms with E-state index in [-0.39, 0.29) is 30.1 Å². The molecule has 2 aliphatic carbocycles. The number of ketones is 2. The van der Waals surface area contributed by atoms with Crippen LogP contribution in [0.15, 0.2) is 12.7 Å². The van der Waals surface area contributed by atoms with Gasteiger partial charge in [0, 0.05) is 19.0 Å². The van der Waals surface area contributed by atoms with E-state index < -0.39 is 59.1 Å². The van der Waals surface area contributed by atoms with E-state index in [4.69, 9.17) is 0 Å². The maximum Gasteiger partial charge on any atom is 0.316 e. The van der Waals surface area contributed by atoms with Crippen LogP contribution in [0.2, 0.25) is 0 Å². The normalized spacial score (nSPS) is 21.6. The van der Waals surface area contributed by atoms with Crippen LogP contribution in [0.4, 0.5) is 4.79 Å². The molecule has 0 spiro atoms. The lowest BCUT2D eigenvalue weighted by atomic mass is 9.81. The van der Waals surface area contributed by atoms with Crippen molar-refractivity contribution in [2.24, 2.45) is 23.2 Å². The van der Waals surface area contributed by atoms with Gasteiger partial charge in [-0.3, -0.25) is 24.0 Å². The molecule has 3 rings (SSSR count). The van der Waals surface area contributed by atoms with Crippen LogP contribution in [0.3, 0.4) is 0 Å². The largest absolute Gasteiger partial charge is 0.346 e. The summed E-state index contributed by atoms with van der Waals surface area (Å²) in [6.45, 7) is 13.6. The minimum absolute atomic E-state index is 0.00227. The number of hydrogen-bond donors (Lipinski definition) is 4. The number of unbranched alkanes of at least 4 members (excludes halogenated alkanes) is 5. The first-order valence-electron chi connectivity index (χ1n) is 18.9. The fourth-order valence-electron chi connectivity index (χ4n) is 7.30. The molecule has 2 saturated carbocycles. The maximum atomic E-state index is 14.3. The highest BCUT2D eigenvalue weighted by Gasteiger charge is 2.46. The predicted octanol–water partition coefficient (Wildman–Crippen LogP) is 4.97. The molecule has 1 heterocycles. The van der Waals surface area contributed by atoms with Crippen molar-refractivity contribution in [3.05, 3.63) is 12.7 Å².